The number of aliphatic hydroxyl groups is 1. The highest BCUT2D eigenvalue weighted by Gasteiger charge is 2.29. The quantitative estimate of drug-likeness (QED) is 0.855. The zero-order valence-corrected chi connectivity index (χ0v) is 10.8. The lowest BCUT2D eigenvalue weighted by Crippen LogP contribution is -2.41. The van der Waals surface area contributed by atoms with E-state index in [0.29, 0.717) is 6.42 Å². The first kappa shape index (κ1) is 12.9. The maximum absolute atomic E-state index is 11.4. The molecule has 98 valence electrons. The number of nitrogens with one attached hydrogen (secondary N) is 1. The molecule has 4 heteroatoms. The molecule has 1 aromatic carbocycles. The van der Waals surface area contributed by atoms with Crippen LogP contribution in [0.25, 0.3) is 0 Å². The van der Waals surface area contributed by atoms with Crippen LogP contribution < -0.4 is 10.1 Å². The lowest BCUT2D eigenvalue weighted by atomic mass is 9.85. The van der Waals surface area contributed by atoms with E-state index in [1.54, 1.807) is 7.11 Å². The highest BCUT2D eigenvalue weighted by atomic mass is 16.5. The molecule has 0 unspecified atom stereocenters. The topological polar surface area (TPSA) is 58.6 Å². The molecule has 0 saturated heterocycles. The monoisotopic (exact) mass is 249 g/mol. The summed E-state index contributed by atoms with van der Waals surface area (Å²) in [6, 6.07) is 5.53. The fourth-order valence-corrected chi connectivity index (χ4v) is 2.35. The van der Waals surface area contributed by atoms with Crippen LogP contribution in [0.4, 0.5) is 0 Å². The fraction of sp³-hybridized carbons (Fsp3) is 0.500. The number of carbonyl (C=O) groups excluding carboxylic acids is 1. The molecular weight excluding hydrogens is 230 g/mol. The van der Waals surface area contributed by atoms with Gasteiger partial charge in [-0.1, -0.05) is 13.0 Å². The smallest absolute Gasteiger partial charge is 0.220 e. The van der Waals surface area contributed by atoms with Crippen molar-refractivity contribution in [2.75, 3.05) is 7.11 Å². The molecule has 0 aromatic heterocycles. The standard InChI is InChI=1S/C14H19NO3/c1-3-13(16)15-12-7-5-9-4-6-10(18-2)8-11(9)14(12)17/h4,6,8,12,14,17H,3,5,7H2,1-2H3,(H,15,16)/t12-,14-/m0/s1. The van der Waals surface area contributed by atoms with Crippen LogP contribution >= 0.6 is 0 Å². The second kappa shape index (κ2) is 5.40. The molecule has 0 heterocycles. The number of amides is 1. The van der Waals surface area contributed by atoms with E-state index in [1.165, 1.54) is 0 Å². The van der Waals surface area contributed by atoms with Crippen LogP contribution in [0.1, 0.15) is 37.0 Å². The number of carbonyl (C=O) groups is 1. The Bertz CT molecular complexity index is 445. The fourth-order valence-electron chi connectivity index (χ4n) is 2.35. The summed E-state index contributed by atoms with van der Waals surface area (Å²) in [6.07, 6.45) is 1.42. The Morgan fingerprint density at radius 2 is 2.33 bits per heavy atom. The van der Waals surface area contributed by atoms with Crippen molar-refractivity contribution in [3.05, 3.63) is 29.3 Å². The maximum Gasteiger partial charge on any atom is 0.220 e. The van der Waals surface area contributed by atoms with Crippen molar-refractivity contribution in [1.29, 1.82) is 0 Å². The first-order chi connectivity index (χ1) is 8.65. The van der Waals surface area contributed by atoms with E-state index < -0.39 is 6.10 Å². The molecule has 2 atom stereocenters. The highest BCUT2D eigenvalue weighted by molar-refractivity contribution is 5.76. The molecule has 4 nitrogen and oxygen atoms in total. The second-order valence-corrected chi connectivity index (χ2v) is 4.58. The first-order valence-electron chi connectivity index (χ1n) is 6.30. The lowest BCUT2D eigenvalue weighted by molar-refractivity contribution is -0.122. The zero-order chi connectivity index (χ0) is 13.1. The van der Waals surface area contributed by atoms with Crippen molar-refractivity contribution >= 4 is 5.91 Å². The largest absolute Gasteiger partial charge is 0.497 e. The number of aryl methyl sites for hydroxylation is 1. The molecule has 1 aromatic rings. The van der Waals surface area contributed by atoms with Crippen molar-refractivity contribution < 1.29 is 14.6 Å². The SMILES string of the molecule is CCC(=O)N[C@H]1CCc2ccc(OC)cc2[C@@H]1O. The van der Waals surface area contributed by atoms with E-state index in [4.69, 9.17) is 4.74 Å². The minimum atomic E-state index is -0.653. The predicted molar refractivity (Wildman–Crippen MR) is 68.5 cm³/mol. The Hall–Kier alpha value is -1.55. The average molecular weight is 249 g/mol. The van der Waals surface area contributed by atoms with Crippen LogP contribution in [0.3, 0.4) is 0 Å². The third-order valence-corrected chi connectivity index (χ3v) is 3.44. The van der Waals surface area contributed by atoms with E-state index in [2.05, 4.69) is 5.32 Å². The number of methoxy groups -OCH3 is 1. The van der Waals surface area contributed by atoms with E-state index >= 15 is 0 Å². The van der Waals surface area contributed by atoms with Gasteiger partial charge < -0.3 is 15.2 Å². The second-order valence-electron chi connectivity index (χ2n) is 4.58. The Balaban J connectivity index is 2.20. The Morgan fingerprint density at radius 1 is 1.56 bits per heavy atom. The minimum absolute atomic E-state index is 0.0228. The number of fused-ring (bicyclic) bond motifs is 1. The normalized spacial score (nSPS) is 22.2. The van der Waals surface area contributed by atoms with Crippen molar-refractivity contribution in [2.24, 2.45) is 0 Å². The number of hydrogen-bond acceptors (Lipinski definition) is 3. The summed E-state index contributed by atoms with van der Waals surface area (Å²) in [4.78, 5) is 11.4. The zero-order valence-electron chi connectivity index (χ0n) is 10.8. The van der Waals surface area contributed by atoms with Gasteiger partial charge in [0, 0.05) is 6.42 Å². The van der Waals surface area contributed by atoms with Gasteiger partial charge in [0.25, 0.3) is 0 Å². The summed E-state index contributed by atoms with van der Waals surface area (Å²) in [5, 5.41) is 13.2. The van der Waals surface area contributed by atoms with Crippen molar-refractivity contribution in [3.63, 3.8) is 0 Å². The third-order valence-electron chi connectivity index (χ3n) is 3.44. The van der Waals surface area contributed by atoms with Gasteiger partial charge in [0.2, 0.25) is 5.91 Å². The minimum Gasteiger partial charge on any atom is -0.497 e. The molecule has 2 N–H and O–H groups in total. The Labute approximate surface area is 107 Å². The molecule has 0 spiro atoms. The van der Waals surface area contributed by atoms with Gasteiger partial charge in [-0.15, -0.1) is 0 Å². The number of benzene rings is 1. The molecule has 0 bridgehead atoms. The summed E-state index contributed by atoms with van der Waals surface area (Å²) < 4.78 is 5.17. The van der Waals surface area contributed by atoms with Crippen molar-refractivity contribution in [1.82, 2.24) is 5.32 Å². The van der Waals surface area contributed by atoms with Crippen molar-refractivity contribution in [2.45, 2.75) is 38.3 Å². The lowest BCUT2D eigenvalue weighted by Gasteiger charge is -2.31. The average Bonchev–Trinajstić information content (AvgIpc) is 2.41. The number of rotatable bonds is 3. The molecule has 0 aliphatic heterocycles. The van der Waals surface area contributed by atoms with Gasteiger partial charge >= 0.3 is 0 Å². The van der Waals surface area contributed by atoms with E-state index in [1.807, 2.05) is 25.1 Å². The predicted octanol–water partition coefficient (Wildman–Crippen LogP) is 1.57. The summed E-state index contributed by atoms with van der Waals surface area (Å²) in [7, 11) is 1.60. The first-order valence-corrected chi connectivity index (χ1v) is 6.30. The van der Waals surface area contributed by atoms with Gasteiger partial charge in [-0.25, -0.2) is 0 Å². The molecule has 0 fully saturated rings. The van der Waals surface area contributed by atoms with Crippen LogP contribution in [0, 0.1) is 0 Å². The summed E-state index contributed by atoms with van der Waals surface area (Å²) in [5.74, 6) is 0.709. The molecular formula is C14H19NO3. The van der Waals surface area contributed by atoms with Crippen LogP contribution in [-0.2, 0) is 11.2 Å². The summed E-state index contributed by atoms with van der Waals surface area (Å²) >= 11 is 0. The highest BCUT2D eigenvalue weighted by Crippen LogP contribution is 2.32. The molecule has 1 aliphatic carbocycles. The van der Waals surface area contributed by atoms with Gasteiger partial charge in [0.05, 0.1) is 19.3 Å². The molecule has 1 aliphatic rings. The third kappa shape index (κ3) is 2.48. The van der Waals surface area contributed by atoms with Crippen LogP contribution in [-0.4, -0.2) is 24.2 Å². The van der Waals surface area contributed by atoms with Gasteiger partial charge in [-0.05, 0) is 36.1 Å². The molecule has 0 radical (unpaired) electrons. The van der Waals surface area contributed by atoms with Crippen LogP contribution in [0.2, 0.25) is 0 Å². The number of hydrogen-bond donors (Lipinski definition) is 2. The van der Waals surface area contributed by atoms with E-state index in [0.717, 1.165) is 29.7 Å². The van der Waals surface area contributed by atoms with E-state index in [9.17, 15) is 9.90 Å². The molecule has 1 amide bonds. The molecule has 2 rings (SSSR count). The Kier molecular flexibility index (Phi) is 3.87. The van der Waals surface area contributed by atoms with Gasteiger partial charge in [-0.2, -0.15) is 0 Å². The molecule has 0 saturated carbocycles. The van der Waals surface area contributed by atoms with Gasteiger partial charge in [0.1, 0.15) is 5.75 Å². The number of aliphatic hydroxyl groups excluding tert-OH is 1. The molecule has 18 heavy (non-hydrogen) atoms. The summed E-state index contributed by atoms with van der Waals surface area (Å²) in [6.45, 7) is 1.81. The van der Waals surface area contributed by atoms with Crippen molar-refractivity contribution in [3.8, 4) is 5.75 Å². The van der Waals surface area contributed by atoms with Gasteiger partial charge in [-0.3, -0.25) is 4.79 Å². The summed E-state index contributed by atoms with van der Waals surface area (Å²) in [5.41, 5.74) is 1.99. The van der Waals surface area contributed by atoms with Crippen LogP contribution in [0.15, 0.2) is 18.2 Å². The Morgan fingerprint density at radius 3 is 3.00 bits per heavy atom. The van der Waals surface area contributed by atoms with Gasteiger partial charge in [0.15, 0.2) is 0 Å². The van der Waals surface area contributed by atoms with E-state index in [-0.39, 0.29) is 11.9 Å². The van der Waals surface area contributed by atoms with Crippen LogP contribution in [0.5, 0.6) is 5.75 Å². The number of ether oxygens (including phenoxy) is 1. The maximum atomic E-state index is 11.4.